The minimum atomic E-state index is -2.77. The van der Waals surface area contributed by atoms with Crippen molar-refractivity contribution in [3.63, 3.8) is 0 Å². The van der Waals surface area contributed by atoms with Gasteiger partial charge in [-0.2, -0.15) is 0 Å². The zero-order chi connectivity index (χ0) is 30.0. The molecule has 0 bridgehead atoms. The molecule has 41 heavy (non-hydrogen) atoms. The van der Waals surface area contributed by atoms with Crippen LogP contribution >= 0.6 is 0 Å². The molecule has 4 aliphatic carbocycles. The summed E-state index contributed by atoms with van der Waals surface area (Å²) in [7, 11) is 3.08. The number of primary amides is 1. The van der Waals surface area contributed by atoms with E-state index < -0.39 is 64.3 Å². The lowest BCUT2D eigenvalue weighted by Crippen LogP contribution is -2.72. The number of aromatic hydroxyl groups is 1. The fourth-order valence-electron chi connectivity index (χ4n) is 6.86. The van der Waals surface area contributed by atoms with Crippen molar-refractivity contribution in [2.24, 2.45) is 29.4 Å². The number of Topliss-reactive ketones (excluding diaryl/α,β-unsaturated/α-hetero) is 3. The number of rotatable bonds is 6. The van der Waals surface area contributed by atoms with E-state index >= 15 is 0 Å². The fraction of sp³-hybridized carbons (Fsp3) is 0.433. The Labute approximate surface area is 236 Å². The molecule has 4 aliphatic rings. The number of hydrogen-bond acceptors (Lipinski definition) is 10. The van der Waals surface area contributed by atoms with Gasteiger partial charge >= 0.3 is 0 Å². The SMILES string of the molecule is CCOCC1C=C(c2ccc(O)c3c2C[C@@H]2C[C@@H]4[C@@H](N(C)C)C(=O)C(C(N)=O)C(=O)[C@]4(O)C(=O)C2=C3O)C=CC1=O. The summed E-state index contributed by atoms with van der Waals surface area (Å²) in [5.74, 6) is -9.94. The van der Waals surface area contributed by atoms with Crippen LogP contribution in [0.2, 0.25) is 0 Å². The molecule has 5 rings (SSSR count). The molecule has 2 saturated carbocycles. The highest BCUT2D eigenvalue weighted by molar-refractivity contribution is 6.32. The third-order valence-corrected chi connectivity index (χ3v) is 8.73. The summed E-state index contributed by atoms with van der Waals surface area (Å²) in [6.07, 6.45) is 4.94. The van der Waals surface area contributed by atoms with Gasteiger partial charge < -0.3 is 25.8 Å². The monoisotopic (exact) mass is 564 g/mol. The van der Waals surface area contributed by atoms with Gasteiger partial charge in [0.15, 0.2) is 28.9 Å². The van der Waals surface area contributed by atoms with Gasteiger partial charge in [-0.05, 0) is 68.6 Å². The van der Waals surface area contributed by atoms with Crippen LogP contribution in [-0.4, -0.2) is 88.2 Å². The number of nitrogens with zero attached hydrogens (tertiary/aromatic N) is 1. The lowest BCUT2D eigenvalue weighted by Gasteiger charge is -2.51. The van der Waals surface area contributed by atoms with Gasteiger partial charge in [-0.25, -0.2) is 0 Å². The Morgan fingerprint density at radius 1 is 1.15 bits per heavy atom. The number of allylic oxidation sites excluding steroid dienone is 3. The number of aliphatic hydroxyl groups is 2. The van der Waals surface area contributed by atoms with Crippen LogP contribution in [0, 0.1) is 23.7 Å². The maximum Gasteiger partial charge on any atom is 0.235 e. The normalized spacial score (nSPS) is 31.1. The highest BCUT2D eigenvalue weighted by Crippen LogP contribution is 2.52. The lowest BCUT2D eigenvalue weighted by atomic mass is 9.54. The molecule has 1 amide bonds. The molecule has 0 saturated heterocycles. The van der Waals surface area contributed by atoms with Crippen LogP contribution in [0.25, 0.3) is 11.3 Å². The van der Waals surface area contributed by atoms with Crippen molar-refractivity contribution in [2.75, 3.05) is 27.3 Å². The number of carbonyl (C=O) groups excluding carboxylic acids is 5. The molecule has 2 unspecified atom stereocenters. The minimum absolute atomic E-state index is 0.0216. The second-order valence-corrected chi connectivity index (χ2v) is 11.2. The van der Waals surface area contributed by atoms with E-state index in [4.69, 9.17) is 10.5 Å². The van der Waals surface area contributed by atoms with E-state index in [9.17, 15) is 39.3 Å². The number of ketones is 4. The highest BCUT2D eigenvalue weighted by atomic mass is 16.5. The van der Waals surface area contributed by atoms with E-state index in [-0.39, 0.29) is 42.1 Å². The van der Waals surface area contributed by atoms with Gasteiger partial charge in [0.1, 0.15) is 11.5 Å². The van der Waals surface area contributed by atoms with Gasteiger partial charge in [-0.15, -0.1) is 0 Å². The number of phenols is 1. The molecule has 0 heterocycles. The van der Waals surface area contributed by atoms with Gasteiger partial charge in [0, 0.05) is 18.1 Å². The van der Waals surface area contributed by atoms with Crippen LogP contribution < -0.4 is 5.73 Å². The van der Waals surface area contributed by atoms with Crippen LogP contribution in [0.3, 0.4) is 0 Å². The summed E-state index contributed by atoms with van der Waals surface area (Å²) in [6.45, 7) is 2.46. The van der Waals surface area contributed by atoms with Crippen molar-refractivity contribution >= 4 is 40.4 Å². The Morgan fingerprint density at radius 3 is 2.49 bits per heavy atom. The van der Waals surface area contributed by atoms with Crippen LogP contribution in [0.1, 0.15) is 30.0 Å². The highest BCUT2D eigenvalue weighted by Gasteiger charge is 2.67. The van der Waals surface area contributed by atoms with Gasteiger partial charge in [-0.1, -0.05) is 18.2 Å². The first-order chi connectivity index (χ1) is 19.3. The quantitative estimate of drug-likeness (QED) is 0.355. The number of hydrogen-bond donors (Lipinski definition) is 4. The molecular formula is C30H32N2O9. The van der Waals surface area contributed by atoms with Gasteiger partial charge in [-0.3, -0.25) is 28.9 Å². The molecule has 0 spiro atoms. The molecule has 1 aromatic rings. The number of phenolic OH excluding ortho intramolecular Hbond substituents is 1. The molecule has 0 radical (unpaired) electrons. The van der Waals surface area contributed by atoms with Crippen molar-refractivity contribution in [3.8, 4) is 5.75 Å². The zero-order valence-corrected chi connectivity index (χ0v) is 22.9. The molecular weight excluding hydrogens is 532 g/mol. The van der Waals surface area contributed by atoms with E-state index in [1.54, 1.807) is 18.2 Å². The van der Waals surface area contributed by atoms with E-state index in [0.29, 0.717) is 23.3 Å². The second-order valence-electron chi connectivity index (χ2n) is 11.2. The number of benzene rings is 1. The fourth-order valence-corrected chi connectivity index (χ4v) is 6.86. The number of amides is 1. The number of carbonyl (C=O) groups is 5. The molecule has 2 fully saturated rings. The third kappa shape index (κ3) is 4.18. The predicted molar refractivity (Wildman–Crippen MR) is 145 cm³/mol. The summed E-state index contributed by atoms with van der Waals surface area (Å²) in [6, 6.07) is 1.85. The van der Waals surface area contributed by atoms with E-state index in [1.807, 2.05) is 6.92 Å². The van der Waals surface area contributed by atoms with Crippen molar-refractivity contribution in [1.29, 1.82) is 0 Å². The predicted octanol–water partition coefficient (Wildman–Crippen LogP) is 0.512. The van der Waals surface area contributed by atoms with Crippen LogP contribution in [0.4, 0.5) is 0 Å². The van der Waals surface area contributed by atoms with Crippen molar-refractivity contribution in [1.82, 2.24) is 4.90 Å². The zero-order valence-electron chi connectivity index (χ0n) is 22.9. The summed E-state index contributed by atoms with van der Waals surface area (Å²) in [5.41, 5.74) is 4.12. The summed E-state index contributed by atoms with van der Waals surface area (Å²) < 4.78 is 5.45. The first-order valence-corrected chi connectivity index (χ1v) is 13.5. The number of fused-ring (bicyclic) bond motifs is 3. The summed E-state index contributed by atoms with van der Waals surface area (Å²) in [4.78, 5) is 66.6. The maximum atomic E-state index is 13.9. The van der Waals surface area contributed by atoms with Crippen molar-refractivity contribution in [2.45, 2.75) is 31.4 Å². The van der Waals surface area contributed by atoms with Crippen LogP contribution in [-0.2, 0) is 35.1 Å². The number of nitrogens with two attached hydrogens (primary N) is 1. The Morgan fingerprint density at radius 2 is 1.85 bits per heavy atom. The van der Waals surface area contributed by atoms with Crippen molar-refractivity contribution < 1.29 is 44.0 Å². The Kier molecular flexibility index (Phi) is 7.09. The van der Waals surface area contributed by atoms with Crippen LogP contribution in [0.15, 0.2) is 35.9 Å². The molecule has 0 aliphatic heterocycles. The molecule has 11 heteroatoms. The first-order valence-electron chi connectivity index (χ1n) is 13.5. The van der Waals surface area contributed by atoms with Crippen LogP contribution in [0.5, 0.6) is 5.75 Å². The standard InChI is InChI=1S/C30H32N2O9/c1-4-41-12-15-9-13(5-7-19(15)33)16-6-8-20(34)22-17(16)10-14-11-18-24(32(2)3)26(36)23(29(31)39)28(38)30(18,40)27(37)21(14)25(22)35/h5-9,14-15,18,23-24,34-35,40H,4,10-12H2,1-3H3,(H2,31,39)/t14-,15?,18-,23?,24-,30-/m1/s1. The van der Waals surface area contributed by atoms with Crippen molar-refractivity contribution in [3.05, 3.63) is 52.6 Å². The Bertz CT molecular complexity index is 1490. The Hall–Kier alpha value is -3.93. The number of ether oxygens (including phenoxy) is 1. The molecule has 11 nitrogen and oxygen atoms in total. The van der Waals surface area contributed by atoms with E-state index in [1.165, 1.54) is 31.1 Å². The van der Waals surface area contributed by atoms with E-state index in [0.717, 1.165) is 0 Å². The van der Waals surface area contributed by atoms with Gasteiger partial charge in [0.2, 0.25) is 11.7 Å². The smallest absolute Gasteiger partial charge is 0.235 e. The minimum Gasteiger partial charge on any atom is -0.507 e. The molecule has 6 atom stereocenters. The summed E-state index contributed by atoms with van der Waals surface area (Å²) in [5, 5.41) is 33.9. The topological polar surface area (TPSA) is 185 Å². The molecule has 1 aromatic carbocycles. The third-order valence-electron chi connectivity index (χ3n) is 8.73. The van der Waals surface area contributed by atoms with Gasteiger partial charge in [0.05, 0.1) is 24.1 Å². The summed E-state index contributed by atoms with van der Waals surface area (Å²) >= 11 is 0. The largest absolute Gasteiger partial charge is 0.507 e. The average Bonchev–Trinajstić information content (AvgIpc) is 2.90. The molecule has 5 N–H and O–H groups in total. The lowest BCUT2D eigenvalue weighted by molar-refractivity contribution is -0.175. The maximum absolute atomic E-state index is 13.9. The Balaban J connectivity index is 1.65. The second kappa shape index (κ2) is 10.2. The number of likely N-dealkylation sites (N-methyl/N-ethyl adjacent to an activating group) is 1. The van der Waals surface area contributed by atoms with E-state index in [2.05, 4.69) is 0 Å². The average molecular weight is 565 g/mol. The first kappa shape index (κ1) is 28.6. The molecule has 0 aromatic heterocycles. The number of aliphatic hydroxyl groups excluding tert-OH is 1. The molecule has 216 valence electrons. The van der Waals surface area contributed by atoms with Gasteiger partial charge in [0.25, 0.3) is 0 Å².